The first-order valence-corrected chi connectivity index (χ1v) is 9.42. The number of ether oxygens (including phenoxy) is 1. The van der Waals surface area contributed by atoms with Crippen molar-refractivity contribution in [1.82, 2.24) is 14.7 Å². The first-order chi connectivity index (χ1) is 14.5. The van der Waals surface area contributed by atoms with Gasteiger partial charge in [0.1, 0.15) is 18.8 Å². The number of nitrogens with one attached hydrogen (secondary N) is 1. The van der Waals surface area contributed by atoms with Crippen molar-refractivity contribution >= 4 is 28.3 Å². The maximum absolute atomic E-state index is 12.3. The molecule has 0 spiro atoms. The van der Waals surface area contributed by atoms with Gasteiger partial charge in [-0.25, -0.2) is 4.98 Å². The van der Waals surface area contributed by atoms with Crippen LogP contribution in [0, 0.1) is 6.92 Å². The summed E-state index contributed by atoms with van der Waals surface area (Å²) >= 11 is 0. The highest BCUT2D eigenvalue weighted by Gasteiger charge is 2.11. The second-order valence-corrected chi connectivity index (χ2v) is 6.85. The Balaban J connectivity index is 1.36. The summed E-state index contributed by atoms with van der Waals surface area (Å²) in [6.07, 6.45) is 0. The Hall–Kier alpha value is -4.00. The Morgan fingerprint density at radius 2 is 1.80 bits per heavy atom. The highest BCUT2D eigenvalue weighted by molar-refractivity contribution is 5.99. The van der Waals surface area contributed by atoms with E-state index in [1.807, 2.05) is 43.3 Å². The van der Waals surface area contributed by atoms with Crippen molar-refractivity contribution in [2.75, 3.05) is 6.54 Å². The fraction of sp³-hybridized carbons (Fsp3) is 0.130. The minimum atomic E-state index is -0.615. The molecule has 0 unspecified atom stereocenters. The lowest BCUT2D eigenvalue weighted by atomic mass is 10.1. The number of carbonyl (C=O) groups is 2. The molecule has 2 aromatic carbocycles. The fourth-order valence-electron chi connectivity index (χ4n) is 3.23. The van der Waals surface area contributed by atoms with Crippen molar-refractivity contribution in [3.8, 4) is 0 Å². The van der Waals surface area contributed by atoms with Crippen LogP contribution in [0.25, 0.3) is 16.4 Å². The molecular weight excluding hydrogens is 382 g/mol. The van der Waals surface area contributed by atoms with E-state index in [-0.39, 0.29) is 24.6 Å². The first kappa shape index (κ1) is 19.3. The summed E-state index contributed by atoms with van der Waals surface area (Å²) in [6, 6.07) is 19.7. The SMILES string of the molecule is Cc1cccc2nc(COC(=O)CNC(=O)c3ccc4ccccc4c3)cc(=O)n12. The van der Waals surface area contributed by atoms with Gasteiger partial charge >= 0.3 is 5.97 Å². The molecule has 7 heteroatoms. The van der Waals surface area contributed by atoms with Crippen molar-refractivity contribution in [3.05, 3.63) is 94.0 Å². The molecule has 0 saturated carbocycles. The van der Waals surface area contributed by atoms with Crippen molar-refractivity contribution in [2.24, 2.45) is 0 Å². The van der Waals surface area contributed by atoms with E-state index >= 15 is 0 Å². The minimum absolute atomic E-state index is 0.148. The molecule has 2 heterocycles. The maximum atomic E-state index is 12.3. The molecule has 0 atom stereocenters. The van der Waals surface area contributed by atoms with E-state index in [0.29, 0.717) is 16.9 Å². The number of rotatable bonds is 5. The molecule has 4 aromatic rings. The lowest BCUT2D eigenvalue weighted by Crippen LogP contribution is -2.30. The monoisotopic (exact) mass is 401 g/mol. The third kappa shape index (κ3) is 4.05. The van der Waals surface area contributed by atoms with Gasteiger partial charge in [-0.05, 0) is 42.0 Å². The van der Waals surface area contributed by atoms with Crippen LogP contribution in [0.3, 0.4) is 0 Å². The van der Waals surface area contributed by atoms with Gasteiger partial charge in [-0.3, -0.25) is 18.8 Å². The number of pyridine rings is 1. The lowest BCUT2D eigenvalue weighted by molar-refractivity contribution is -0.143. The molecule has 7 nitrogen and oxygen atoms in total. The highest BCUT2D eigenvalue weighted by Crippen LogP contribution is 2.15. The van der Waals surface area contributed by atoms with Gasteiger partial charge in [-0.1, -0.05) is 36.4 Å². The van der Waals surface area contributed by atoms with Crippen molar-refractivity contribution in [1.29, 1.82) is 0 Å². The van der Waals surface area contributed by atoms with Crippen molar-refractivity contribution in [2.45, 2.75) is 13.5 Å². The molecule has 0 aliphatic heterocycles. The zero-order chi connectivity index (χ0) is 21.1. The summed E-state index contributed by atoms with van der Waals surface area (Å²) in [4.78, 5) is 40.9. The van der Waals surface area contributed by atoms with E-state index in [1.165, 1.54) is 10.5 Å². The number of esters is 1. The quantitative estimate of drug-likeness (QED) is 0.519. The number of carbonyl (C=O) groups excluding carboxylic acids is 2. The molecule has 1 N–H and O–H groups in total. The van der Waals surface area contributed by atoms with Crippen LogP contribution < -0.4 is 10.9 Å². The standard InChI is InChI=1S/C23H19N3O4/c1-15-5-4-8-20-25-19(12-21(27)26(15)20)14-30-22(28)13-24-23(29)18-10-9-16-6-2-3-7-17(16)11-18/h2-12H,13-14H2,1H3,(H,24,29). The molecule has 0 aliphatic carbocycles. The highest BCUT2D eigenvalue weighted by atomic mass is 16.5. The van der Waals surface area contributed by atoms with Gasteiger partial charge in [0.15, 0.2) is 0 Å². The Labute approximate surface area is 171 Å². The van der Waals surface area contributed by atoms with Crippen LogP contribution >= 0.6 is 0 Å². The van der Waals surface area contributed by atoms with E-state index in [0.717, 1.165) is 16.5 Å². The van der Waals surface area contributed by atoms with E-state index < -0.39 is 5.97 Å². The lowest BCUT2D eigenvalue weighted by Gasteiger charge is -2.08. The smallest absolute Gasteiger partial charge is 0.325 e. The van der Waals surface area contributed by atoms with Crippen LogP contribution in [-0.4, -0.2) is 27.8 Å². The number of fused-ring (bicyclic) bond motifs is 2. The predicted molar refractivity (Wildman–Crippen MR) is 112 cm³/mol. The molecule has 2 aromatic heterocycles. The first-order valence-electron chi connectivity index (χ1n) is 9.42. The number of aryl methyl sites for hydroxylation is 1. The molecule has 1 amide bonds. The van der Waals surface area contributed by atoms with Crippen LogP contribution in [-0.2, 0) is 16.1 Å². The molecule has 30 heavy (non-hydrogen) atoms. The maximum Gasteiger partial charge on any atom is 0.325 e. The number of amides is 1. The minimum Gasteiger partial charge on any atom is -0.458 e. The Morgan fingerprint density at radius 3 is 2.63 bits per heavy atom. The largest absolute Gasteiger partial charge is 0.458 e. The zero-order valence-electron chi connectivity index (χ0n) is 16.3. The van der Waals surface area contributed by atoms with Crippen LogP contribution in [0.1, 0.15) is 21.7 Å². The average Bonchev–Trinajstić information content (AvgIpc) is 2.75. The summed E-state index contributed by atoms with van der Waals surface area (Å²) in [6.45, 7) is 1.38. The molecule has 0 aliphatic rings. The molecule has 0 saturated heterocycles. The second kappa shape index (κ2) is 8.16. The Kier molecular flexibility index (Phi) is 5.26. The zero-order valence-corrected chi connectivity index (χ0v) is 16.3. The van der Waals surface area contributed by atoms with Gasteiger partial charge in [0, 0.05) is 17.3 Å². The molecule has 4 rings (SSSR count). The number of hydrogen-bond acceptors (Lipinski definition) is 5. The Bertz CT molecular complexity index is 1330. The van der Waals surface area contributed by atoms with Gasteiger partial charge in [0.05, 0.1) is 5.69 Å². The molecule has 0 bridgehead atoms. The predicted octanol–water partition coefficient (Wildman–Crippen LogP) is 2.63. The number of hydrogen-bond donors (Lipinski definition) is 1. The van der Waals surface area contributed by atoms with Crippen LogP contribution in [0.15, 0.2) is 71.5 Å². The topological polar surface area (TPSA) is 89.8 Å². The summed E-state index contributed by atoms with van der Waals surface area (Å²) in [5, 5.41) is 4.52. The summed E-state index contributed by atoms with van der Waals surface area (Å²) in [5.41, 5.74) is 1.82. The third-order valence-electron chi connectivity index (χ3n) is 4.72. The van der Waals surface area contributed by atoms with Gasteiger partial charge in [0.2, 0.25) is 0 Å². The third-order valence-corrected chi connectivity index (χ3v) is 4.72. The molecule has 0 fully saturated rings. The van der Waals surface area contributed by atoms with E-state index in [4.69, 9.17) is 4.74 Å². The van der Waals surface area contributed by atoms with Gasteiger partial charge in [0.25, 0.3) is 11.5 Å². The van der Waals surface area contributed by atoms with Crippen LogP contribution in [0.4, 0.5) is 0 Å². The van der Waals surface area contributed by atoms with Crippen LogP contribution in [0.2, 0.25) is 0 Å². The van der Waals surface area contributed by atoms with E-state index in [1.54, 1.807) is 24.3 Å². The van der Waals surface area contributed by atoms with Crippen molar-refractivity contribution in [3.63, 3.8) is 0 Å². The van der Waals surface area contributed by atoms with Crippen molar-refractivity contribution < 1.29 is 14.3 Å². The molecule has 0 radical (unpaired) electrons. The summed E-state index contributed by atoms with van der Waals surface area (Å²) in [5.74, 6) is -0.981. The van der Waals surface area contributed by atoms with Crippen LogP contribution in [0.5, 0.6) is 0 Å². The summed E-state index contributed by atoms with van der Waals surface area (Å²) in [7, 11) is 0. The number of benzene rings is 2. The average molecular weight is 401 g/mol. The van der Waals surface area contributed by atoms with E-state index in [9.17, 15) is 14.4 Å². The molecular formula is C23H19N3O4. The van der Waals surface area contributed by atoms with E-state index in [2.05, 4.69) is 10.3 Å². The number of nitrogens with zero attached hydrogens (tertiary/aromatic N) is 2. The summed E-state index contributed by atoms with van der Waals surface area (Å²) < 4.78 is 6.64. The van der Waals surface area contributed by atoms with Gasteiger partial charge < -0.3 is 10.1 Å². The fourth-order valence-corrected chi connectivity index (χ4v) is 3.23. The second-order valence-electron chi connectivity index (χ2n) is 6.85. The van der Waals surface area contributed by atoms with Gasteiger partial charge in [-0.15, -0.1) is 0 Å². The normalized spacial score (nSPS) is 10.8. The number of aromatic nitrogens is 2. The Morgan fingerprint density at radius 1 is 1.00 bits per heavy atom. The van der Waals surface area contributed by atoms with Gasteiger partial charge in [-0.2, -0.15) is 0 Å². The molecule has 150 valence electrons.